The second-order valence-corrected chi connectivity index (χ2v) is 4.31. The molecule has 0 atom stereocenters. The molecule has 0 aliphatic heterocycles. The van der Waals surface area contributed by atoms with Gasteiger partial charge in [-0.15, -0.1) is 11.3 Å². The lowest BCUT2D eigenvalue weighted by Crippen LogP contribution is -2.24. The number of anilines is 1. The van der Waals surface area contributed by atoms with E-state index in [1.807, 2.05) is 12.3 Å². The van der Waals surface area contributed by atoms with E-state index in [0.29, 0.717) is 17.9 Å². The van der Waals surface area contributed by atoms with Crippen LogP contribution in [0.15, 0.2) is 29.2 Å². The van der Waals surface area contributed by atoms with Crippen LogP contribution in [0.1, 0.15) is 23.0 Å². The van der Waals surface area contributed by atoms with E-state index in [1.54, 1.807) is 23.8 Å². The zero-order valence-corrected chi connectivity index (χ0v) is 10.8. The van der Waals surface area contributed by atoms with Gasteiger partial charge in [-0.2, -0.15) is 0 Å². The molecule has 0 radical (unpaired) electrons. The topological polar surface area (TPSA) is 66.9 Å². The Morgan fingerprint density at radius 1 is 1.44 bits per heavy atom. The number of carbonyl (C=O) groups is 1. The molecule has 0 saturated carbocycles. The summed E-state index contributed by atoms with van der Waals surface area (Å²) in [4.78, 5) is 20.3. The van der Waals surface area contributed by atoms with Gasteiger partial charge in [-0.1, -0.05) is 0 Å². The minimum atomic E-state index is -0.146. The molecule has 0 fully saturated rings. The number of thiazole rings is 1. The third-order valence-corrected chi connectivity index (χ3v) is 2.95. The molecule has 0 saturated heterocycles. The first-order chi connectivity index (χ1) is 8.81. The van der Waals surface area contributed by atoms with Crippen LogP contribution in [0.3, 0.4) is 0 Å². The summed E-state index contributed by atoms with van der Waals surface area (Å²) in [5.41, 5.74) is 3.16. The lowest BCUT2D eigenvalue weighted by Gasteiger charge is -2.09. The second kappa shape index (κ2) is 6.11. The first-order valence-electron chi connectivity index (χ1n) is 5.65. The predicted octanol–water partition coefficient (Wildman–Crippen LogP) is 1.90. The maximum Gasteiger partial charge on any atom is 0.255 e. The van der Waals surface area contributed by atoms with Gasteiger partial charge in [0, 0.05) is 18.1 Å². The molecular weight excluding hydrogens is 248 g/mol. The SMILES string of the molecule is CCNc1ncccc1C(=O)NCc1cscn1. The van der Waals surface area contributed by atoms with Crippen LogP contribution in [0, 0.1) is 0 Å². The minimum absolute atomic E-state index is 0.146. The van der Waals surface area contributed by atoms with Crippen LogP contribution in [0.4, 0.5) is 5.82 Å². The summed E-state index contributed by atoms with van der Waals surface area (Å²) in [6, 6.07) is 3.50. The number of aromatic nitrogens is 2. The molecule has 2 aromatic heterocycles. The van der Waals surface area contributed by atoms with E-state index in [4.69, 9.17) is 0 Å². The van der Waals surface area contributed by atoms with Gasteiger partial charge < -0.3 is 10.6 Å². The average molecular weight is 262 g/mol. The zero-order valence-electron chi connectivity index (χ0n) is 10.0. The third kappa shape index (κ3) is 3.04. The molecule has 2 aromatic rings. The molecule has 0 aliphatic carbocycles. The summed E-state index contributed by atoms with van der Waals surface area (Å²) in [6.45, 7) is 3.12. The number of carbonyl (C=O) groups excluding carboxylic acids is 1. The smallest absolute Gasteiger partial charge is 0.255 e. The van der Waals surface area contributed by atoms with Crippen LogP contribution in [0.5, 0.6) is 0 Å². The summed E-state index contributed by atoms with van der Waals surface area (Å²) in [5.74, 6) is 0.461. The molecule has 0 spiro atoms. The molecule has 2 heterocycles. The van der Waals surface area contributed by atoms with Crippen molar-refractivity contribution >= 4 is 23.1 Å². The maximum absolute atomic E-state index is 12.0. The number of pyridine rings is 1. The zero-order chi connectivity index (χ0) is 12.8. The Balaban J connectivity index is 2.04. The molecule has 0 aliphatic rings. The van der Waals surface area contributed by atoms with E-state index in [2.05, 4.69) is 20.6 Å². The van der Waals surface area contributed by atoms with Crippen molar-refractivity contribution in [3.05, 3.63) is 40.5 Å². The van der Waals surface area contributed by atoms with Crippen molar-refractivity contribution in [1.29, 1.82) is 0 Å². The van der Waals surface area contributed by atoms with E-state index in [0.717, 1.165) is 12.2 Å². The van der Waals surface area contributed by atoms with Crippen LogP contribution in [0.2, 0.25) is 0 Å². The van der Waals surface area contributed by atoms with Gasteiger partial charge in [0.2, 0.25) is 0 Å². The highest BCUT2D eigenvalue weighted by atomic mass is 32.1. The quantitative estimate of drug-likeness (QED) is 0.863. The minimum Gasteiger partial charge on any atom is -0.370 e. The van der Waals surface area contributed by atoms with E-state index in [1.165, 1.54) is 11.3 Å². The molecule has 0 unspecified atom stereocenters. The Morgan fingerprint density at radius 2 is 2.33 bits per heavy atom. The van der Waals surface area contributed by atoms with Crippen molar-refractivity contribution in [1.82, 2.24) is 15.3 Å². The number of amides is 1. The predicted molar refractivity (Wildman–Crippen MR) is 71.7 cm³/mol. The second-order valence-electron chi connectivity index (χ2n) is 3.59. The van der Waals surface area contributed by atoms with Crippen molar-refractivity contribution in [2.45, 2.75) is 13.5 Å². The van der Waals surface area contributed by atoms with Crippen LogP contribution in [-0.4, -0.2) is 22.4 Å². The van der Waals surface area contributed by atoms with Gasteiger partial charge in [-0.25, -0.2) is 9.97 Å². The van der Waals surface area contributed by atoms with Gasteiger partial charge in [-0.3, -0.25) is 4.79 Å². The Bertz CT molecular complexity index is 513. The normalized spacial score (nSPS) is 10.1. The molecule has 2 N–H and O–H groups in total. The van der Waals surface area contributed by atoms with Gasteiger partial charge in [0.15, 0.2) is 0 Å². The fourth-order valence-electron chi connectivity index (χ4n) is 1.49. The van der Waals surface area contributed by atoms with Gasteiger partial charge in [0.1, 0.15) is 5.82 Å². The van der Waals surface area contributed by atoms with Crippen LogP contribution < -0.4 is 10.6 Å². The summed E-state index contributed by atoms with van der Waals surface area (Å²) in [6.07, 6.45) is 1.66. The number of nitrogens with zero attached hydrogens (tertiary/aromatic N) is 2. The van der Waals surface area contributed by atoms with Gasteiger partial charge in [-0.05, 0) is 19.1 Å². The van der Waals surface area contributed by atoms with E-state index in [9.17, 15) is 4.79 Å². The molecule has 1 amide bonds. The summed E-state index contributed by atoms with van der Waals surface area (Å²) in [5, 5.41) is 7.80. The third-order valence-electron chi connectivity index (χ3n) is 2.31. The number of rotatable bonds is 5. The Hall–Kier alpha value is -1.95. The van der Waals surface area contributed by atoms with E-state index >= 15 is 0 Å². The fraction of sp³-hybridized carbons (Fsp3) is 0.250. The highest BCUT2D eigenvalue weighted by Gasteiger charge is 2.11. The van der Waals surface area contributed by atoms with Gasteiger partial charge in [0.05, 0.1) is 23.3 Å². The van der Waals surface area contributed by atoms with E-state index in [-0.39, 0.29) is 5.91 Å². The molecule has 0 bridgehead atoms. The van der Waals surface area contributed by atoms with Gasteiger partial charge in [0.25, 0.3) is 5.91 Å². The Labute approximate surface area is 109 Å². The average Bonchev–Trinajstić information content (AvgIpc) is 2.90. The highest BCUT2D eigenvalue weighted by molar-refractivity contribution is 7.07. The molecule has 94 valence electrons. The number of nitrogens with one attached hydrogen (secondary N) is 2. The van der Waals surface area contributed by atoms with Crippen molar-refractivity contribution in [3.8, 4) is 0 Å². The molecule has 5 nitrogen and oxygen atoms in total. The first kappa shape index (κ1) is 12.5. The van der Waals surface area contributed by atoms with Crippen LogP contribution in [-0.2, 0) is 6.54 Å². The summed E-state index contributed by atoms with van der Waals surface area (Å²) in [7, 11) is 0. The molecule has 0 aromatic carbocycles. The summed E-state index contributed by atoms with van der Waals surface area (Å²) < 4.78 is 0. The molecule has 6 heteroatoms. The van der Waals surface area contributed by atoms with Gasteiger partial charge >= 0.3 is 0 Å². The van der Waals surface area contributed by atoms with Crippen LogP contribution in [0.25, 0.3) is 0 Å². The maximum atomic E-state index is 12.0. The summed E-state index contributed by atoms with van der Waals surface area (Å²) >= 11 is 1.51. The molecular formula is C12H14N4OS. The fourth-order valence-corrected chi connectivity index (χ4v) is 2.05. The van der Waals surface area contributed by atoms with E-state index < -0.39 is 0 Å². The number of hydrogen-bond donors (Lipinski definition) is 2. The Kier molecular flexibility index (Phi) is 4.25. The largest absolute Gasteiger partial charge is 0.370 e. The molecule has 18 heavy (non-hydrogen) atoms. The van der Waals surface area contributed by atoms with Crippen molar-refractivity contribution < 1.29 is 4.79 Å². The monoisotopic (exact) mass is 262 g/mol. The lowest BCUT2D eigenvalue weighted by molar-refractivity contribution is 0.0951. The van der Waals surface area contributed by atoms with Crippen LogP contribution >= 0.6 is 11.3 Å². The highest BCUT2D eigenvalue weighted by Crippen LogP contribution is 2.11. The van der Waals surface area contributed by atoms with Crippen molar-refractivity contribution in [2.24, 2.45) is 0 Å². The van der Waals surface area contributed by atoms with Crippen molar-refractivity contribution in [3.63, 3.8) is 0 Å². The standard InChI is InChI=1S/C12H14N4OS/c1-2-13-11-10(4-3-5-14-11)12(17)15-6-9-7-18-8-16-9/h3-5,7-8H,2,6H2,1H3,(H,13,14)(H,15,17). The first-order valence-corrected chi connectivity index (χ1v) is 6.59. The lowest BCUT2D eigenvalue weighted by atomic mass is 10.2. The van der Waals surface area contributed by atoms with Crippen molar-refractivity contribution in [2.75, 3.05) is 11.9 Å². The number of hydrogen-bond acceptors (Lipinski definition) is 5. The Morgan fingerprint density at radius 3 is 3.06 bits per heavy atom. The molecule has 2 rings (SSSR count).